The smallest absolute Gasteiger partial charge is 0.256 e. The number of amides is 2. The zero-order valence-electron chi connectivity index (χ0n) is 13.2. The minimum absolute atomic E-state index is 0.0326. The Morgan fingerprint density at radius 3 is 2.73 bits per heavy atom. The molecule has 2 amide bonds. The number of hydrogen-bond acceptors (Lipinski definition) is 3. The van der Waals surface area contributed by atoms with Crippen molar-refractivity contribution in [3.05, 3.63) is 29.1 Å². The Labute approximate surface area is 129 Å². The van der Waals surface area contributed by atoms with Crippen LogP contribution in [0.25, 0.3) is 0 Å². The summed E-state index contributed by atoms with van der Waals surface area (Å²) in [5.74, 6) is -1.13. The fourth-order valence-corrected chi connectivity index (χ4v) is 2.55. The van der Waals surface area contributed by atoms with Gasteiger partial charge in [0.05, 0.1) is 5.56 Å². The Morgan fingerprint density at radius 2 is 2.09 bits per heavy atom. The summed E-state index contributed by atoms with van der Waals surface area (Å²) in [4.78, 5) is 25.3. The molecule has 0 saturated heterocycles. The largest absolute Gasteiger partial charge is 0.341 e. The Balaban J connectivity index is 2.25. The quantitative estimate of drug-likeness (QED) is 0.890. The van der Waals surface area contributed by atoms with Crippen LogP contribution in [0.3, 0.4) is 0 Å². The second-order valence-corrected chi connectivity index (χ2v) is 6.57. The van der Waals surface area contributed by atoms with Crippen LogP contribution >= 0.6 is 0 Å². The van der Waals surface area contributed by atoms with Gasteiger partial charge < -0.3 is 16.0 Å². The van der Waals surface area contributed by atoms with Crippen molar-refractivity contribution in [2.24, 2.45) is 11.1 Å². The normalized spacial score (nSPS) is 14.3. The molecule has 1 aromatic carbocycles. The molecule has 1 aromatic rings. The summed E-state index contributed by atoms with van der Waals surface area (Å²) >= 11 is 0. The lowest BCUT2D eigenvalue weighted by Crippen LogP contribution is -2.40. The van der Waals surface area contributed by atoms with E-state index in [0.29, 0.717) is 31.6 Å². The summed E-state index contributed by atoms with van der Waals surface area (Å²) in [7, 11) is 1.64. The summed E-state index contributed by atoms with van der Waals surface area (Å²) in [6.07, 6.45) is 0.863. The fourth-order valence-electron chi connectivity index (χ4n) is 2.55. The third-order valence-electron chi connectivity index (χ3n) is 3.88. The zero-order valence-corrected chi connectivity index (χ0v) is 13.2. The first-order chi connectivity index (χ1) is 10.2. The van der Waals surface area contributed by atoms with Crippen LogP contribution in [0.15, 0.2) is 12.1 Å². The van der Waals surface area contributed by atoms with Crippen molar-refractivity contribution in [1.82, 2.24) is 4.90 Å². The molecule has 0 spiro atoms. The van der Waals surface area contributed by atoms with E-state index in [-0.39, 0.29) is 22.8 Å². The molecule has 0 aliphatic carbocycles. The Hall–Kier alpha value is -1.95. The van der Waals surface area contributed by atoms with Crippen LogP contribution in [-0.2, 0) is 11.2 Å². The van der Waals surface area contributed by atoms with Gasteiger partial charge in [-0.2, -0.15) is 0 Å². The minimum Gasteiger partial charge on any atom is -0.341 e. The SMILES string of the molecule is CN(CC(C)(C)CN)C(=O)c1cc2c(cc1F)NC(=O)CC2. The molecular formula is C16H22FN3O2. The van der Waals surface area contributed by atoms with E-state index in [2.05, 4.69) is 5.32 Å². The molecule has 0 saturated carbocycles. The van der Waals surface area contributed by atoms with Crippen molar-refractivity contribution in [1.29, 1.82) is 0 Å². The van der Waals surface area contributed by atoms with Crippen LogP contribution in [0.2, 0.25) is 0 Å². The highest BCUT2D eigenvalue weighted by atomic mass is 19.1. The lowest BCUT2D eigenvalue weighted by atomic mass is 9.93. The average molecular weight is 307 g/mol. The third kappa shape index (κ3) is 3.44. The highest BCUT2D eigenvalue weighted by Crippen LogP contribution is 2.27. The van der Waals surface area contributed by atoms with E-state index < -0.39 is 5.82 Å². The van der Waals surface area contributed by atoms with Gasteiger partial charge in [0, 0.05) is 25.7 Å². The fraction of sp³-hybridized carbons (Fsp3) is 0.500. The number of fused-ring (bicyclic) bond motifs is 1. The topological polar surface area (TPSA) is 75.4 Å². The standard InChI is InChI=1S/C16H22FN3O2/c1-16(2,8-18)9-20(3)15(22)11-6-10-4-5-14(21)19-13(10)7-12(11)17/h6-7H,4-5,8-9,18H2,1-3H3,(H,19,21). The number of halogens is 1. The number of benzene rings is 1. The van der Waals surface area contributed by atoms with Crippen LogP contribution in [0, 0.1) is 11.2 Å². The van der Waals surface area contributed by atoms with Gasteiger partial charge in [-0.15, -0.1) is 0 Å². The summed E-state index contributed by atoms with van der Waals surface area (Å²) in [5, 5.41) is 2.62. The molecule has 1 aliphatic rings. The maximum Gasteiger partial charge on any atom is 0.256 e. The van der Waals surface area contributed by atoms with Crippen molar-refractivity contribution in [3.8, 4) is 0 Å². The molecule has 5 nitrogen and oxygen atoms in total. The van der Waals surface area contributed by atoms with Crippen LogP contribution < -0.4 is 11.1 Å². The predicted octanol–water partition coefficient (Wildman–Crippen LogP) is 1.77. The van der Waals surface area contributed by atoms with E-state index in [0.717, 1.165) is 5.56 Å². The Bertz CT molecular complexity index is 614. The molecule has 0 fully saturated rings. The van der Waals surface area contributed by atoms with Gasteiger partial charge in [0.15, 0.2) is 0 Å². The molecule has 22 heavy (non-hydrogen) atoms. The van der Waals surface area contributed by atoms with Crippen molar-refractivity contribution in [3.63, 3.8) is 0 Å². The van der Waals surface area contributed by atoms with E-state index >= 15 is 0 Å². The average Bonchev–Trinajstić information content (AvgIpc) is 2.45. The molecule has 0 unspecified atom stereocenters. The van der Waals surface area contributed by atoms with Crippen molar-refractivity contribution < 1.29 is 14.0 Å². The van der Waals surface area contributed by atoms with Gasteiger partial charge in [-0.25, -0.2) is 4.39 Å². The van der Waals surface area contributed by atoms with Crippen LogP contribution in [-0.4, -0.2) is 36.9 Å². The Morgan fingerprint density at radius 1 is 1.41 bits per heavy atom. The first kappa shape index (κ1) is 16.4. The van der Waals surface area contributed by atoms with E-state index in [1.54, 1.807) is 13.1 Å². The minimum atomic E-state index is -0.622. The summed E-state index contributed by atoms with van der Waals surface area (Å²) < 4.78 is 14.2. The molecule has 120 valence electrons. The van der Waals surface area contributed by atoms with Crippen molar-refractivity contribution >= 4 is 17.5 Å². The number of nitrogens with two attached hydrogens (primary N) is 1. The highest BCUT2D eigenvalue weighted by Gasteiger charge is 2.25. The predicted molar refractivity (Wildman–Crippen MR) is 83.1 cm³/mol. The number of rotatable bonds is 4. The van der Waals surface area contributed by atoms with Crippen molar-refractivity contribution in [2.45, 2.75) is 26.7 Å². The summed E-state index contributed by atoms with van der Waals surface area (Å²) in [5.41, 5.74) is 6.72. The number of anilines is 1. The van der Waals surface area contributed by atoms with Gasteiger partial charge in [0.1, 0.15) is 5.82 Å². The van der Waals surface area contributed by atoms with Crippen LogP contribution in [0.4, 0.5) is 10.1 Å². The first-order valence-corrected chi connectivity index (χ1v) is 7.31. The maximum atomic E-state index is 14.2. The highest BCUT2D eigenvalue weighted by molar-refractivity contribution is 5.98. The lowest BCUT2D eigenvalue weighted by Gasteiger charge is -2.29. The molecule has 6 heteroatoms. The van der Waals surface area contributed by atoms with E-state index in [1.165, 1.54) is 11.0 Å². The van der Waals surface area contributed by atoms with Gasteiger partial charge in [-0.1, -0.05) is 13.8 Å². The molecule has 0 aromatic heterocycles. The van der Waals surface area contributed by atoms with E-state index in [9.17, 15) is 14.0 Å². The van der Waals surface area contributed by atoms with E-state index in [1.807, 2.05) is 13.8 Å². The second-order valence-electron chi connectivity index (χ2n) is 6.57. The van der Waals surface area contributed by atoms with Crippen LogP contribution in [0.1, 0.15) is 36.2 Å². The zero-order chi connectivity index (χ0) is 16.5. The van der Waals surface area contributed by atoms with Gasteiger partial charge in [-0.3, -0.25) is 9.59 Å². The Kier molecular flexibility index (Phi) is 4.51. The van der Waals surface area contributed by atoms with Gasteiger partial charge in [0.25, 0.3) is 5.91 Å². The monoisotopic (exact) mass is 307 g/mol. The molecule has 0 atom stereocenters. The number of nitrogens with one attached hydrogen (secondary N) is 1. The van der Waals surface area contributed by atoms with Crippen molar-refractivity contribution in [2.75, 3.05) is 25.5 Å². The van der Waals surface area contributed by atoms with Gasteiger partial charge in [-0.05, 0) is 36.1 Å². The first-order valence-electron chi connectivity index (χ1n) is 7.31. The van der Waals surface area contributed by atoms with Gasteiger partial charge >= 0.3 is 0 Å². The molecule has 0 radical (unpaired) electrons. The third-order valence-corrected chi connectivity index (χ3v) is 3.88. The second kappa shape index (κ2) is 6.04. The molecule has 0 bridgehead atoms. The van der Waals surface area contributed by atoms with E-state index in [4.69, 9.17) is 5.73 Å². The molecular weight excluding hydrogens is 285 g/mol. The number of carbonyl (C=O) groups excluding carboxylic acids is 2. The molecule has 1 heterocycles. The molecule has 3 N–H and O–H groups in total. The van der Waals surface area contributed by atoms with Crippen LogP contribution in [0.5, 0.6) is 0 Å². The maximum absolute atomic E-state index is 14.2. The number of nitrogens with zero attached hydrogens (tertiary/aromatic N) is 1. The van der Waals surface area contributed by atoms with Gasteiger partial charge in [0.2, 0.25) is 5.91 Å². The molecule has 2 rings (SSSR count). The number of hydrogen-bond donors (Lipinski definition) is 2. The lowest BCUT2D eigenvalue weighted by molar-refractivity contribution is -0.116. The number of aryl methyl sites for hydroxylation is 1. The summed E-state index contributed by atoms with van der Waals surface area (Å²) in [6, 6.07) is 2.76. The molecule has 1 aliphatic heterocycles. The summed E-state index contributed by atoms with van der Waals surface area (Å²) in [6.45, 7) is 4.78. The number of carbonyl (C=O) groups is 2.